The Bertz CT molecular complexity index is 228. The molecule has 0 aromatic heterocycles. The summed E-state index contributed by atoms with van der Waals surface area (Å²) in [5.41, 5.74) is 0.247. The molecule has 0 aliphatic heterocycles. The number of aliphatic hydroxyl groups is 1. The van der Waals surface area contributed by atoms with Crippen molar-refractivity contribution in [1.29, 1.82) is 0 Å². The zero-order valence-corrected chi connectivity index (χ0v) is 9.91. The fourth-order valence-corrected chi connectivity index (χ4v) is 0.846. The number of benzene rings is 1. The van der Waals surface area contributed by atoms with Gasteiger partial charge in [0, 0.05) is 0 Å². The van der Waals surface area contributed by atoms with Crippen molar-refractivity contribution in [2.45, 2.75) is 40.2 Å². The molecule has 0 saturated carbocycles. The zero-order valence-electron chi connectivity index (χ0n) is 9.91. The van der Waals surface area contributed by atoms with Gasteiger partial charge in [-0.15, -0.1) is 0 Å². The molecule has 0 radical (unpaired) electrons. The summed E-state index contributed by atoms with van der Waals surface area (Å²) in [6.45, 7) is 10.1. The molecule has 1 nitrogen and oxygen atoms in total. The normalized spacial score (nSPS) is 10.8. The second-order valence-corrected chi connectivity index (χ2v) is 4.66. The highest BCUT2D eigenvalue weighted by atomic mass is 16.3. The van der Waals surface area contributed by atoms with E-state index in [0.29, 0.717) is 0 Å². The maximum atomic E-state index is 9.49. The van der Waals surface area contributed by atoms with Gasteiger partial charge < -0.3 is 5.11 Å². The molecule has 0 heterocycles. The lowest BCUT2D eigenvalue weighted by Crippen LogP contribution is -2.14. The number of hydrogen-bond acceptors (Lipinski definition) is 1. The van der Waals surface area contributed by atoms with Crippen molar-refractivity contribution in [3.05, 3.63) is 35.9 Å². The molecular formula is C13H22O. The van der Waals surface area contributed by atoms with Crippen molar-refractivity contribution in [2.24, 2.45) is 5.92 Å². The van der Waals surface area contributed by atoms with Crippen LogP contribution in [0.2, 0.25) is 0 Å². The van der Waals surface area contributed by atoms with Crippen molar-refractivity contribution < 1.29 is 5.11 Å². The van der Waals surface area contributed by atoms with Gasteiger partial charge in [-0.05, 0) is 25.3 Å². The highest BCUT2D eigenvalue weighted by Crippen LogP contribution is 2.17. The van der Waals surface area contributed by atoms with Crippen molar-refractivity contribution in [2.75, 3.05) is 0 Å². The molecule has 1 heteroatoms. The van der Waals surface area contributed by atoms with Gasteiger partial charge in [0.2, 0.25) is 0 Å². The lowest BCUT2D eigenvalue weighted by atomic mass is 9.99. The third-order valence-electron chi connectivity index (χ3n) is 1.48. The molecule has 0 aliphatic rings. The van der Waals surface area contributed by atoms with Crippen molar-refractivity contribution >= 4 is 0 Å². The largest absolute Gasteiger partial charge is 0.386 e. The minimum Gasteiger partial charge on any atom is -0.386 e. The van der Waals surface area contributed by atoms with E-state index >= 15 is 0 Å². The second kappa shape index (κ2) is 5.82. The van der Waals surface area contributed by atoms with Crippen LogP contribution in [0.3, 0.4) is 0 Å². The van der Waals surface area contributed by atoms with Crippen LogP contribution < -0.4 is 0 Å². The topological polar surface area (TPSA) is 20.2 Å². The predicted octanol–water partition coefficient (Wildman–Crippen LogP) is 3.58. The standard InChI is InChI=1S/C9H12O.C4H10/c1-9(2,10)8-6-4-3-5-7-8;1-4(2)3/h3-7,10H,1-2H3;4H,1-3H3. The van der Waals surface area contributed by atoms with E-state index in [2.05, 4.69) is 20.8 Å². The summed E-state index contributed by atoms with van der Waals surface area (Å²) >= 11 is 0. The Labute approximate surface area is 87.8 Å². The van der Waals surface area contributed by atoms with Gasteiger partial charge in [0.05, 0.1) is 5.60 Å². The molecule has 0 amide bonds. The molecule has 0 aliphatic carbocycles. The van der Waals surface area contributed by atoms with E-state index in [1.54, 1.807) is 13.8 Å². The lowest BCUT2D eigenvalue weighted by molar-refractivity contribution is 0.0786. The molecule has 0 saturated heterocycles. The van der Waals surface area contributed by atoms with Gasteiger partial charge in [-0.2, -0.15) is 0 Å². The molecule has 0 fully saturated rings. The first-order valence-corrected chi connectivity index (χ1v) is 5.12. The van der Waals surface area contributed by atoms with E-state index in [4.69, 9.17) is 0 Å². The minimum atomic E-state index is -0.707. The molecule has 0 bridgehead atoms. The maximum Gasteiger partial charge on any atom is 0.0840 e. The fourth-order valence-electron chi connectivity index (χ4n) is 0.846. The summed E-state index contributed by atoms with van der Waals surface area (Å²) in [5, 5.41) is 9.49. The third-order valence-corrected chi connectivity index (χ3v) is 1.48. The van der Waals surface area contributed by atoms with Gasteiger partial charge in [-0.1, -0.05) is 51.1 Å². The Morgan fingerprint density at radius 1 is 1.00 bits per heavy atom. The van der Waals surface area contributed by atoms with E-state index in [0.717, 1.165) is 11.5 Å². The fraction of sp³-hybridized carbons (Fsp3) is 0.538. The van der Waals surface area contributed by atoms with Crippen LogP contribution in [0.1, 0.15) is 40.2 Å². The Morgan fingerprint density at radius 3 is 1.57 bits per heavy atom. The van der Waals surface area contributed by atoms with Crippen LogP contribution in [0, 0.1) is 5.92 Å². The lowest BCUT2D eigenvalue weighted by Gasteiger charge is -2.16. The maximum absolute atomic E-state index is 9.49. The highest BCUT2D eigenvalue weighted by Gasteiger charge is 2.13. The smallest absolute Gasteiger partial charge is 0.0840 e. The zero-order chi connectivity index (χ0) is 11.2. The highest BCUT2D eigenvalue weighted by molar-refractivity contribution is 5.20. The van der Waals surface area contributed by atoms with Crippen LogP contribution in [-0.4, -0.2) is 5.11 Å². The predicted molar refractivity (Wildman–Crippen MR) is 62.2 cm³/mol. The number of rotatable bonds is 1. The first kappa shape index (κ1) is 13.2. The number of hydrogen-bond donors (Lipinski definition) is 1. The summed E-state index contributed by atoms with van der Waals surface area (Å²) in [6, 6.07) is 9.62. The SMILES string of the molecule is CC(C)(O)c1ccccc1.CC(C)C. The van der Waals surface area contributed by atoms with Gasteiger partial charge in [0.25, 0.3) is 0 Å². The van der Waals surface area contributed by atoms with Crippen LogP contribution in [-0.2, 0) is 5.60 Å². The van der Waals surface area contributed by atoms with Gasteiger partial charge >= 0.3 is 0 Å². The monoisotopic (exact) mass is 194 g/mol. The van der Waals surface area contributed by atoms with Crippen LogP contribution >= 0.6 is 0 Å². The van der Waals surface area contributed by atoms with Crippen LogP contribution in [0.15, 0.2) is 30.3 Å². The second-order valence-electron chi connectivity index (χ2n) is 4.66. The van der Waals surface area contributed by atoms with E-state index in [1.807, 2.05) is 30.3 Å². The van der Waals surface area contributed by atoms with Gasteiger partial charge in [0.1, 0.15) is 0 Å². The summed E-state index contributed by atoms with van der Waals surface area (Å²) in [6.07, 6.45) is 0. The third kappa shape index (κ3) is 6.67. The molecule has 1 rings (SSSR count). The quantitative estimate of drug-likeness (QED) is 0.724. The average Bonchev–Trinajstić information content (AvgIpc) is 2.03. The molecule has 0 spiro atoms. The van der Waals surface area contributed by atoms with Crippen molar-refractivity contribution in [1.82, 2.24) is 0 Å². The van der Waals surface area contributed by atoms with Crippen molar-refractivity contribution in [3.63, 3.8) is 0 Å². The Morgan fingerprint density at radius 2 is 1.36 bits per heavy atom. The van der Waals surface area contributed by atoms with E-state index in [-0.39, 0.29) is 0 Å². The van der Waals surface area contributed by atoms with Crippen LogP contribution in [0.5, 0.6) is 0 Å². The molecule has 0 atom stereocenters. The van der Waals surface area contributed by atoms with E-state index < -0.39 is 5.60 Å². The molecular weight excluding hydrogens is 172 g/mol. The van der Waals surface area contributed by atoms with Gasteiger partial charge in [-0.25, -0.2) is 0 Å². The summed E-state index contributed by atoms with van der Waals surface area (Å²) in [7, 11) is 0. The molecule has 80 valence electrons. The Balaban J connectivity index is 0.000000364. The summed E-state index contributed by atoms with van der Waals surface area (Å²) in [5.74, 6) is 0.833. The minimum absolute atomic E-state index is 0.707. The van der Waals surface area contributed by atoms with Gasteiger partial charge in [-0.3, -0.25) is 0 Å². The summed E-state index contributed by atoms with van der Waals surface area (Å²) in [4.78, 5) is 0. The van der Waals surface area contributed by atoms with Crippen molar-refractivity contribution in [3.8, 4) is 0 Å². The van der Waals surface area contributed by atoms with Crippen LogP contribution in [0.4, 0.5) is 0 Å². The molecule has 1 N–H and O–H groups in total. The van der Waals surface area contributed by atoms with Crippen LogP contribution in [0.25, 0.3) is 0 Å². The van der Waals surface area contributed by atoms with E-state index in [1.165, 1.54) is 0 Å². The Hall–Kier alpha value is -0.820. The van der Waals surface area contributed by atoms with E-state index in [9.17, 15) is 5.11 Å². The van der Waals surface area contributed by atoms with Gasteiger partial charge in [0.15, 0.2) is 0 Å². The molecule has 0 unspecified atom stereocenters. The molecule has 14 heavy (non-hydrogen) atoms. The first-order valence-electron chi connectivity index (χ1n) is 5.12. The Kier molecular flexibility index (Phi) is 5.47. The average molecular weight is 194 g/mol. The first-order chi connectivity index (χ1) is 6.34. The summed E-state index contributed by atoms with van der Waals surface area (Å²) < 4.78 is 0. The molecule has 1 aromatic carbocycles. The molecule has 1 aromatic rings.